The molecule has 0 aliphatic heterocycles. The van der Waals surface area contributed by atoms with Crippen LogP contribution in [-0.4, -0.2) is 9.04 Å². The molecular weight excluding hydrogens is 236 g/mol. The maximum Gasteiger partial charge on any atom is 0.244 e. The van der Waals surface area contributed by atoms with Crippen LogP contribution in [0, 0.1) is 23.4 Å². The Morgan fingerprint density at radius 1 is 1.06 bits per heavy atom. The van der Waals surface area contributed by atoms with Gasteiger partial charge < -0.3 is 4.43 Å². The SMILES string of the molecule is CCCCCCCC(C#CO[SiH](C)C)C(C)(C)C. The van der Waals surface area contributed by atoms with Crippen LogP contribution in [0.2, 0.25) is 13.1 Å². The summed E-state index contributed by atoms with van der Waals surface area (Å²) in [5.74, 6) is 3.81. The standard InChI is InChI=1S/C16H32OSi/c1-7-8-9-10-11-12-15(16(2,3)4)13-14-17-18(5)6/h15,18H,7-12H2,1-6H3. The molecule has 106 valence electrons. The zero-order valence-corrected chi connectivity index (χ0v) is 14.5. The second-order valence-electron chi connectivity index (χ2n) is 6.53. The lowest BCUT2D eigenvalue weighted by atomic mass is 9.78. The van der Waals surface area contributed by atoms with Gasteiger partial charge in [0.15, 0.2) is 0 Å². The Bertz CT molecular complexity index is 254. The van der Waals surface area contributed by atoms with Crippen LogP contribution >= 0.6 is 0 Å². The second kappa shape index (κ2) is 9.50. The first-order chi connectivity index (χ1) is 8.38. The summed E-state index contributed by atoms with van der Waals surface area (Å²) in [5.41, 5.74) is 0.264. The fourth-order valence-corrected chi connectivity index (χ4v) is 2.20. The van der Waals surface area contributed by atoms with Gasteiger partial charge in [0.25, 0.3) is 0 Å². The third kappa shape index (κ3) is 9.59. The highest BCUT2D eigenvalue weighted by Gasteiger charge is 2.22. The van der Waals surface area contributed by atoms with Crippen molar-refractivity contribution in [3.8, 4) is 12.0 Å². The van der Waals surface area contributed by atoms with E-state index in [4.69, 9.17) is 4.43 Å². The summed E-state index contributed by atoms with van der Waals surface area (Å²) >= 11 is 0. The smallest absolute Gasteiger partial charge is 0.244 e. The highest BCUT2D eigenvalue weighted by atomic mass is 28.3. The van der Waals surface area contributed by atoms with Gasteiger partial charge in [-0.15, -0.1) is 0 Å². The van der Waals surface area contributed by atoms with Crippen molar-refractivity contribution in [1.82, 2.24) is 0 Å². The molecule has 0 radical (unpaired) electrons. The van der Waals surface area contributed by atoms with Crippen LogP contribution in [0.4, 0.5) is 0 Å². The number of hydrogen-bond donors (Lipinski definition) is 0. The van der Waals surface area contributed by atoms with E-state index in [0.29, 0.717) is 5.92 Å². The first kappa shape index (κ1) is 17.6. The largest absolute Gasteiger partial charge is 0.505 e. The molecule has 0 aromatic carbocycles. The van der Waals surface area contributed by atoms with Crippen molar-refractivity contribution in [3.05, 3.63) is 0 Å². The molecule has 1 atom stereocenters. The molecule has 0 heterocycles. The van der Waals surface area contributed by atoms with Crippen LogP contribution in [0.3, 0.4) is 0 Å². The second-order valence-corrected chi connectivity index (χ2v) is 8.87. The van der Waals surface area contributed by atoms with E-state index in [-0.39, 0.29) is 5.41 Å². The molecule has 0 amide bonds. The molecule has 2 heteroatoms. The summed E-state index contributed by atoms with van der Waals surface area (Å²) < 4.78 is 5.49. The Morgan fingerprint density at radius 2 is 1.67 bits per heavy atom. The topological polar surface area (TPSA) is 9.23 Å². The van der Waals surface area contributed by atoms with Crippen LogP contribution in [0.5, 0.6) is 0 Å². The van der Waals surface area contributed by atoms with E-state index >= 15 is 0 Å². The van der Waals surface area contributed by atoms with Gasteiger partial charge in [-0.1, -0.05) is 65.7 Å². The molecule has 0 N–H and O–H groups in total. The van der Waals surface area contributed by atoms with Crippen LogP contribution in [-0.2, 0) is 4.43 Å². The first-order valence-electron chi connectivity index (χ1n) is 7.54. The predicted molar refractivity (Wildman–Crippen MR) is 84.1 cm³/mol. The monoisotopic (exact) mass is 268 g/mol. The third-order valence-corrected chi connectivity index (χ3v) is 3.76. The summed E-state index contributed by atoms with van der Waals surface area (Å²) in [6.45, 7) is 13.4. The van der Waals surface area contributed by atoms with Crippen molar-refractivity contribution in [2.75, 3.05) is 0 Å². The lowest BCUT2D eigenvalue weighted by Crippen LogP contribution is -2.19. The van der Waals surface area contributed by atoms with Gasteiger partial charge in [-0.3, -0.25) is 0 Å². The Balaban J connectivity index is 4.12. The molecule has 0 aromatic heterocycles. The van der Waals surface area contributed by atoms with E-state index in [2.05, 4.69) is 52.8 Å². The van der Waals surface area contributed by atoms with Crippen molar-refractivity contribution in [2.24, 2.45) is 11.3 Å². The van der Waals surface area contributed by atoms with E-state index in [1.54, 1.807) is 0 Å². The lowest BCUT2D eigenvalue weighted by Gasteiger charge is -2.26. The predicted octanol–water partition coefficient (Wildman–Crippen LogP) is 4.97. The molecule has 0 aliphatic rings. The zero-order valence-electron chi connectivity index (χ0n) is 13.3. The summed E-state index contributed by atoms with van der Waals surface area (Å²) in [5, 5.41) is 0. The molecule has 0 bridgehead atoms. The molecule has 0 rings (SSSR count). The van der Waals surface area contributed by atoms with Gasteiger partial charge >= 0.3 is 0 Å². The molecule has 18 heavy (non-hydrogen) atoms. The van der Waals surface area contributed by atoms with Gasteiger partial charge in [-0.05, 0) is 24.9 Å². The van der Waals surface area contributed by atoms with E-state index < -0.39 is 9.04 Å². The molecule has 0 spiro atoms. The maximum absolute atomic E-state index is 5.49. The first-order valence-corrected chi connectivity index (χ1v) is 10.3. The number of unbranched alkanes of at least 4 members (excludes halogenated alkanes) is 4. The minimum Gasteiger partial charge on any atom is -0.505 e. The molecule has 0 fully saturated rings. The van der Waals surface area contributed by atoms with Crippen molar-refractivity contribution in [3.63, 3.8) is 0 Å². The maximum atomic E-state index is 5.49. The van der Waals surface area contributed by atoms with Crippen LogP contribution in [0.25, 0.3) is 0 Å². The summed E-state index contributed by atoms with van der Waals surface area (Å²) in [7, 11) is -1.000. The number of hydrogen-bond acceptors (Lipinski definition) is 1. The van der Waals surface area contributed by atoms with Gasteiger partial charge in [0.2, 0.25) is 9.04 Å². The summed E-state index contributed by atoms with van der Waals surface area (Å²) in [6.07, 6.45) is 10.9. The van der Waals surface area contributed by atoms with Crippen molar-refractivity contribution in [1.29, 1.82) is 0 Å². The molecule has 0 saturated carbocycles. The fourth-order valence-electron chi connectivity index (χ4n) is 1.90. The average molecular weight is 269 g/mol. The van der Waals surface area contributed by atoms with Gasteiger partial charge in [0.1, 0.15) is 0 Å². The quantitative estimate of drug-likeness (QED) is 0.360. The van der Waals surface area contributed by atoms with Crippen LogP contribution in [0.1, 0.15) is 66.2 Å². The number of rotatable bonds is 7. The van der Waals surface area contributed by atoms with Crippen molar-refractivity contribution >= 4 is 9.04 Å². The molecule has 0 aliphatic carbocycles. The molecular formula is C16H32OSi. The fraction of sp³-hybridized carbons (Fsp3) is 0.875. The highest BCUT2D eigenvalue weighted by molar-refractivity contribution is 6.48. The van der Waals surface area contributed by atoms with Gasteiger partial charge in [-0.2, -0.15) is 0 Å². The van der Waals surface area contributed by atoms with Gasteiger partial charge in [-0.25, -0.2) is 0 Å². The Labute approximate surface area is 116 Å². The molecule has 0 saturated heterocycles. The van der Waals surface area contributed by atoms with E-state index in [1.165, 1.54) is 38.5 Å². The van der Waals surface area contributed by atoms with Crippen molar-refractivity contribution < 1.29 is 4.43 Å². The molecule has 1 unspecified atom stereocenters. The van der Waals surface area contributed by atoms with Crippen LogP contribution < -0.4 is 0 Å². The molecule has 1 nitrogen and oxygen atoms in total. The third-order valence-electron chi connectivity index (χ3n) is 3.17. The minimum atomic E-state index is -1.000. The van der Waals surface area contributed by atoms with E-state index in [9.17, 15) is 0 Å². The summed E-state index contributed by atoms with van der Waals surface area (Å²) in [4.78, 5) is 0. The minimum absolute atomic E-state index is 0.264. The highest BCUT2D eigenvalue weighted by Crippen LogP contribution is 2.29. The average Bonchev–Trinajstić information content (AvgIpc) is 2.24. The Kier molecular flexibility index (Phi) is 9.28. The Morgan fingerprint density at radius 3 is 2.17 bits per heavy atom. The van der Waals surface area contributed by atoms with E-state index in [1.807, 2.05) is 0 Å². The normalized spacial score (nSPS) is 13.1. The lowest BCUT2D eigenvalue weighted by molar-refractivity contribution is 0.279. The Hall–Kier alpha value is -0.423. The van der Waals surface area contributed by atoms with Crippen molar-refractivity contribution in [2.45, 2.75) is 79.3 Å². The van der Waals surface area contributed by atoms with Crippen LogP contribution in [0.15, 0.2) is 0 Å². The van der Waals surface area contributed by atoms with Gasteiger partial charge in [0, 0.05) is 5.92 Å². The molecule has 0 aromatic rings. The zero-order chi connectivity index (χ0) is 14.0. The van der Waals surface area contributed by atoms with Gasteiger partial charge in [0.05, 0.1) is 6.11 Å². The summed E-state index contributed by atoms with van der Waals surface area (Å²) in [6, 6.07) is 0. The van der Waals surface area contributed by atoms with E-state index in [0.717, 1.165) is 0 Å².